The number of allylic oxidation sites excluding steroid dienone is 1. The Morgan fingerprint density at radius 1 is 1.08 bits per heavy atom. The summed E-state index contributed by atoms with van der Waals surface area (Å²) in [6, 6.07) is 19.9. The van der Waals surface area contributed by atoms with Crippen molar-refractivity contribution in [2.45, 2.75) is 9.10 Å². The van der Waals surface area contributed by atoms with Crippen LogP contribution >= 0.6 is 34.7 Å². The molecule has 2 aromatic carbocycles. The van der Waals surface area contributed by atoms with Gasteiger partial charge in [0.05, 0.1) is 15.9 Å². The highest BCUT2D eigenvalue weighted by molar-refractivity contribution is 8.01. The number of benzene rings is 2. The molecule has 5 heteroatoms. The molecule has 0 N–H and O–H groups in total. The van der Waals surface area contributed by atoms with Crippen LogP contribution in [0.15, 0.2) is 69.8 Å². The second-order valence-corrected chi connectivity index (χ2v) is 7.79. The molecule has 0 fully saturated rings. The van der Waals surface area contributed by atoms with Crippen LogP contribution in [0.25, 0.3) is 11.6 Å². The fourth-order valence-corrected chi connectivity index (χ4v) is 4.27. The van der Waals surface area contributed by atoms with E-state index in [1.807, 2.05) is 36.4 Å². The molecular weight excluding hydrogens is 361 g/mol. The molecule has 0 saturated heterocycles. The molecule has 1 aromatic heterocycles. The molecule has 1 heterocycles. The standard InChI is InChI=1S/C19H11ClFNS2/c20-14-5-7-15(8-6-14)23-19-10-9-16(24-19)11-13(12-22)17-3-1-2-4-18(17)21/h1-11H/b13-11-. The lowest BCUT2D eigenvalue weighted by Crippen LogP contribution is -1.86. The van der Waals surface area contributed by atoms with Crippen molar-refractivity contribution in [3.63, 3.8) is 0 Å². The molecule has 0 aliphatic heterocycles. The number of nitrogens with zero attached hydrogens (tertiary/aromatic N) is 1. The van der Waals surface area contributed by atoms with E-state index in [2.05, 4.69) is 6.07 Å². The van der Waals surface area contributed by atoms with Crippen LogP contribution in [-0.2, 0) is 0 Å². The highest BCUT2D eigenvalue weighted by Crippen LogP contribution is 2.35. The van der Waals surface area contributed by atoms with Gasteiger partial charge >= 0.3 is 0 Å². The normalized spacial score (nSPS) is 11.3. The van der Waals surface area contributed by atoms with Gasteiger partial charge in [0.1, 0.15) is 5.82 Å². The second kappa shape index (κ2) is 7.67. The number of thiophene rings is 1. The van der Waals surface area contributed by atoms with Crippen LogP contribution in [0.3, 0.4) is 0 Å². The fraction of sp³-hybridized carbons (Fsp3) is 0. The van der Waals surface area contributed by atoms with Gasteiger partial charge < -0.3 is 0 Å². The third kappa shape index (κ3) is 4.07. The monoisotopic (exact) mass is 371 g/mol. The first-order chi connectivity index (χ1) is 11.7. The molecule has 0 amide bonds. The molecular formula is C19H11ClFNS2. The second-order valence-electron chi connectivity index (χ2n) is 4.86. The average Bonchev–Trinajstić information content (AvgIpc) is 3.03. The van der Waals surface area contributed by atoms with E-state index in [1.165, 1.54) is 6.07 Å². The first kappa shape index (κ1) is 16.8. The van der Waals surface area contributed by atoms with Gasteiger partial charge in [-0.25, -0.2) is 4.39 Å². The summed E-state index contributed by atoms with van der Waals surface area (Å²) in [5.74, 6) is -0.391. The van der Waals surface area contributed by atoms with Crippen molar-refractivity contribution in [3.8, 4) is 6.07 Å². The average molecular weight is 372 g/mol. The summed E-state index contributed by atoms with van der Waals surface area (Å²) < 4.78 is 14.9. The third-order valence-electron chi connectivity index (χ3n) is 3.21. The van der Waals surface area contributed by atoms with Crippen molar-refractivity contribution in [2.24, 2.45) is 0 Å². The van der Waals surface area contributed by atoms with Gasteiger partial charge in [-0.3, -0.25) is 0 Å². The predicted molar refractivity (Wildman–Crippen MR) is 99.8 cm³/mol. The smallest absolute Gasteiger partial charge is 0.131 e. The van der Waals surface area contributed by atoms with Crippen LogP contribution in [0, 0.1) is 17.1 Å². The van der Waals surface area contributed by atoms with Crippen LogP contribution < -0.4 is 0 Å². The summed E-state index contributed by atoms with van der Waals surface area (Å²) in [4.78, 5) is 2.00. The van der Waals surface area contributed by atoms with Crippen molar-refractivity contribution in [1.29, 1.82) is 5.26 Å². The highest BCUT2D eigenvalue weighted by atomic mass is 35.5. The largest absolute Gasteiger partial charge is 0.206 e. The minimum absolute atomic E-state index is 0.318. The first-order valence-electron chi connectivity index (χ1n) is 7.05. The zero-order valence-corrected chi connectivity index (χ0v) is 14.8. The Labute approximate surface area is 153 Å². The predicted octanol–water partition coefficient (Wildman–Crippen LogP) is 6.76. The Morgan fingerprint density at radius 3 is 2.54 bits per heavy atom. The summed E-state index contributed by atoms with van der Waals surface area (Å²) >= 11 is 9.07. The van der Waals surface area contributed by atoms with E-state index in [9.17, 15) is 9.65 Å². The Hall–Kier alpha value is -2.06. The summed E-state index contributed by atoms with van der Waals surface area (Å²) in [7, 11) is 0. The van der Waals surface area contributed by atoms with Crippen molar-refractivity contribution in [1.82, 2.24) is 0 Å². The highest BCUT2D eigenvalue weighted by Gasteiger charge is 2.08. The van der Waals surface area contributed by atoms with Gasteiger partial charge in [-0.2, -0.15) is 5.26 Å². The SMILES string of the molecule is N#C/C(=C/c1ccc(Sc2ccc(Cl)cc2)s1)c1ccccc1F. The quantitative estimate of drug-likeness (QED) is 0.473. The summed E-state index contributed by atoms with van der Waals surface area (Å²) in [6.45, 7) is 0. The van der Waals surface area contributed by atoms with Gasteiger partial charge in [-0.1, -0.05) is 41.6 Å². The van der Waals surface area contributed by atoms with E-state index in [4.69, 9.17) is 11.6 Å². The lowest BCUT2D eigenvalue weighted by atomic mass is 10.1. The molecule has 0 radical (unpaired) electrons. The zero-order valence-electron chi connectivity index (χ0n) is 12.4. The zero-order chi connectivity index (χ0) is 16.9. The Morgan fingerprint density at radius 2 is 1.83 bits per heavy atom. The maximum absolute atomic E-state index is 13.9. The molecule has 118 valence electrons. The van der Waals surface area contributed by atoms with Gasteiger partial charge in [-0.05, 0) is 48.5 Å². The fourth-order valence-electron chi connectivity index (χ4n) is 2.08. The maximum atomic E-state index is 13.9. The van der Waals surface area contributed by atoms with Crippen molar-refractivity contribution >= 4 is 46.3 Å². The van der Waals surface area contributed by atoms with E-state index in [1.54, 1.807) is 47.4 Å². The van der Waals surface area contributed by atoms with Gasteiger partial charge in [-0.15, -0.1) is 11.3 Å². The molecule has 1 nitrogen and oxygen atoms in total. The van der Waals surface area contributed by atoms with Gasteiger partial charge in [0.15, 0.2) is 0 Å². The minimum atomic E-state index is -0.391. The maximum Gasteiger partial charge on any atom is 0.131 e. The number of halogens is 2. The Balaban J connectivity index is 1.83. The molecule has 0 bridgehead atoms. The summed E-state index contributed by atoms with van der Waals surface area (Å²) in [5.41, 5.74) is 0.637. The molecule has 3 aromatic rings. The number of rotatable bonds is 4. The first-order valence-corrected chi connectivity index (χ1v) is 9.07. The van der Waals surface area contributed by atoms with Gasteiger partial charge in [0.25, 0.3) is 0 Å². The Kier molecular flexibility index (Phi) is 5.37. The topological polar surface area (TPSA) is 23.8 Å². The summed E-state index contributed by atoms with van der Waals surface area (Å²) in [5, 5.41) is 10.0. The van der Waals surface area contributed by atoms with E-state index < -0.39 is 5.82 Å². The van der Waals surface area contributed by atoms with E-state index in [-0.39, 0.29) is 0 Å². The molecule has 0 unspecified atom stereocenters. The molecule has 0 spiro atoms. The molecule has 0 aliphatic carbocycles. The van der Waals surface area contributed by atoms with Crippen molar-refractivity contribution in [3.05, 3.63) is 81.9 Å². The van der Waals surface area contributed by atoms with Crippen LogP contribution in [-0.4, -0.2) is 0 Å². The third-order valence-corrected chi connectivity index (χ3v) is 5.63. The van der Waals surface area contributed by atoms with Gasteiger partial charge in [0, 0.05) is 20.4 Å². The lowest BCUT2D eigenvalue weighted by molar-refractivity contribution is 0.624. The van der Waals surface area contributed by atoms with Crippen molar-refractivity contribution in [2.75, 3.05) is 0 Å². The van der Waals surface area contributed by atoms with Crippen LogP contribution in [0.1, 0.15) is 10.4 Å². The molecule has 3 rings (SSSR count). The molecule has 0 aliphatic rings. The molecule has 0 saturated carbocycles. The number of hydrogen-bond donors (Lipinski definition) is 0. The number of nitriles is 1. The lowest BCUT2D eigenvalue weighted by Gasteiger charge is -2.00. The molecule has 0 atom stereocenters. The van der Waals surface area contributed by atoms with Crippen LogP contribution in [0.4, 0.5) is 4.39 Å². The Bertz CT molecular complexity index is 923. The minimum Gasteiger partial charge on any atom is -0.206 e. The van der Waals surface area contributed by atoms with E-state index in [0.29, 0.717) is 16.2 Å². The van der Waals surface area contributed by atoms with Crippen LogP contribution in [0.2, 0.25) is 5.02 Å². The molecule has 24 heavy (non-hydrogen) atoms. The van der Waals surface area contributed by atoms with E-state index in [0.717, 1.165) is 14.0 Å². The number of hydrogen-bond acceptors (Lipinski definition) is 3. The van der Waals surface area contributed by atoms with Crippen molar-refractivity contribution < 1.29 is 4.39 Å². The van der Waals surface area contributed by atoms with Crippen LogP contribution in [0.5, 0.6) is 0 Å². The van der Waals surface area contributed by atoms with Gasteiger partial charge in [0.2, 0.25) is 0 Å². The van der Waals surface area contributed by atoms with E-state index >= 15 is 0 Å². The summed E-state index contributed by atoms with van der Waals surface area (Å²) in [6.07, 6.45) is 1.72.